The Balaban J connectivity index is 1.39. The highest BCUT2D eigenvalue weighted by Gasteiger charge is 2.20. The number of hydrogen-bond acceptors (Lipinski definition) is 4. The normalized spacial score (nSPS) is 15.4. The molecule has 142 valence electrons. The van der Waals surface area contributed by atoms with Crippen molar-refractivity contribution in [3.8, 4) is 5.75 Å². The quantitative estimate of drug-likeness (QED) is 0.545. The van der Waals surface area contributed by atoms with Crippen LogP contribution in [0, 0.1) is 0 Å². The van der Waals surface area contributed by atoms with Crippen molar-refractivity contribution in [2.24, 2.45) is 0 Å². The van der Waals surface area contributed by atoms with Gasteiger partial charge in [-0.1, -0.05) is 36.4 Å². The van der Waals surface area contributed by atoms with E-state index in [4.69, 9.17) is 9.72 Å². The highest BCUT2D eigenvalue weighted by molar-refractivity contribution is 5.91. The van der Waals surface area contributed by atoms with Gasteiger partial charge in [0.25, 0.3) is 0 Å². The lowest BCUT2D eigenvalue weighted by atomic mass is 10.1. The molecule has 0 spiro atoms. The fourth-order valence-electron chi connectivity index (χ4n) is 4.15. The minimum Gasteiger partial charge on any atom is -0.494 e. The Morgan fingerprint density at radius 1 is 0.893 bits per heavy atom. The molecule has 1 aliphatic heterocycles. The van der Waals surface area contributed by atoms with Gasteiger partial charge in [0.2, 0.25) is 0 Å². The minimum atomic E-state index is 0.856. The number of para-hydroxylation sites is 1. The van der Waals surface area contributed by atoms with Gasteiger partial charge in [0.15, 0.2) is 0 Å². The van der Waals surface area contributed by atoms with Crippen LogP contribution in [-0.2, 0) is 6.54 Å². The number of rotatable bonds is 4. The van der Waals surface area contributed by atoms with Gasteiger partial charge in [0.05, 0.1) is 24.5 Å². The van der Waals surface area contributed by atoms with Crippen LogP contribution in [0.4, 0.5) is 5.69 Å². The zero-order valence-electron chi connectivity index (χ0n) is 16.1. The Bertz CT molecular complexity index is 1100. The number of methoxy groups -OCH3 is 1. The van der Waals surface area contributed by atoms with Crippen LogP contribution < -0.4 is 9.64 Å². The van der Waals surface area contributed by atoms with Gasteiger partial charge in [-0.25, -0.2) is 0 Å². The van der Waals surface area contributed by atoms with Crippen molar-refractivity contribution in [2.45, 2.75) is 6.54 Å². The summed E-state index contributed by atoms with van der Waals surface area (Å²) < 4.78 is 7.61. The van der Waals surface area contributed by atoms with E-state index < -0.39 is 0 Å². The Morgan fingerprint density at radius 3 is 2.50 bits per heavy atom. The summed E-state index contributed by atoms with van der Waals surface area (Å²) in [6.45, 7) is 5.17. The molecule has 28 heavy (non-hydrogen) atoms. The number of piperazine rings is 1. The van der Waals surface area contributed by atoms with Crippen molar-refractivity contribution < 1.29 is 4.74 Å². The summed E-state index contributed by atoms with van der Waals surface area (Å²) in [5.74, 6) is 0.856. The molecule has 3 heterocycles. The van der Waals surface area contributed by atoms with E-state index in [1.54, 1.807) is 7.11 Å². The summed E-state index contributed by atoms with van der Waals surface area (Å²) in [4.78, 5) is 9.78. The number of nitrogens with zero attached hydrogens (tertiary/aromatic N) is 4. The first-order valence-corrected chi connectivity index (χ1v) is 9.77. The summed E-state index contributed by atoms with van der Waals surface area (Å²) in [5.41, 5.74) is 5.76. The van der Waals surface area contributed by atoms with Crippen LogP contribution in [0.3, 0.4) is 0 Å². The molecule has 0 bridgehead atoms. The zero-order chi connectivity index (χ0) is 18.9. The van der Waals surface area contributed by atoms with Gasteiger partial charge in [-0.2, -0.15) is 0 Å². The summed E-state index contributed by atoms with van der Waals surface area (Å²) >= 11 is 0. The van der Waals surface area contributed by atoms with Crippen LogP contribution in [0.15, 0.2) is 67.0 Å². The van der Waals surface area contributed by atoms with Crippen LogP contribution in [0.1, 0.15) is 5.56 Å². The van der Waals surface area contributed by atoms with Gasteiger partial charge in [0, 0.05) is 38.9 Å². The number of benzene rings is 2. The SMILES string of the molecule is COc1ccn2c1cnc1c(N3CCN(Cc4ccccc4)CC3)cccc12. The molecular weight excluding hydrogens is 348 g/mol. The number of aromatic nitrogens is 2. The average Bonchev–Trinajstić information content (AvgIpc) is 3.18. The van der Waals surface area contributed by atoms with E-state index in [-0.39, 0.29) is 0 Å². The molecule has 4 aromatic rings. The second-order valence-electron chi connectivity index (χ2n) is 7.29. The minimum absolute atomic E-state index is 0.856. The standard InChI is InChI=1S/C23H24N4O/c1-28-22-10-11-27-20-9-5-8-19(23(20)24-16-21(22)27)26-14-12-25(13-15-26)17-18-6-3-2-4-7-18/h2-11,16H,12-15,17H2,1H3. The van der Waals surface area contributed by atoms with Gasteiger partial charge >= 0.3 is 0 Å². The highest BCUT2D eigenvalue weighted by Crippen LogP contribution is 2.30. The van der Waals surface area contributed by atoms with Crippen LogP contribution in [-0.4, -0.2) is 47.6 Å². The molecule has 0 aliphatic carbocycles. The molecule has 5 rings (SSSR count). The summed E-state index contributed by atoms with van der Waals surface area (Å²) in [6.07, 6.45) is 3.97. The molecule has 2 aromatic carbocycles. The molecule has 0 unspecified atom stereocenters. The maximum Gasteiger partial charge on any atom is 0.145 e. The van der Waals surface area contributed by atoms with E-state index in [0.717, 1.165) is 55.0 Å². The molecule has 0 amide bonds. The highest BCUT2D eigenvalue weighted by atomic mass is 16.5. The van der Waals surface area contributed by atoms with Gasteiger partial charge < -0.3 is 14.0 Å². The third-order valence-corrected chi connectivity index (χ3v) is 5.64. The number of anilines is 1. The van der Waals surface area contributed by atoms with Crippen LogP contribution in [0.5, 0.6) is 5.75 Å². The molecule has 5 nitrogen and oxygen atoms in total. The average molecular weight is 372 g/mol. The molecule has 0 N–H and O–H groups in total. The van der Waals surface area contributed by atoms with Crippen LogP contribution in [0.25, 0.3) is 16.6 Å². The molecule has 1 saturated heterocycles. The van der Waals surface area contributed by atoms with Crippen molar-refractivity contribution in [3.05, 3.63) is 72.6 Å². The topological polar surface area (TPSA) is 33.0 Å². The first-order valence-electron chi connectivity index (χ1n) is 9.77. The van der Waals surface area contributed by atoms with Crippen molar-refractivity contribution >= 4 is 22.2 Å². The maximum atomic E-state index is 5.45. The Kier molecular flexibility index (Phi) is 4.37. The second kappa shape index (κ2) is 7.17. The predicted molar refractivity (Wildman–Crippen MR) is 113 cm³/mol. The van der Waals surface area contributed by atoms with Crippen molar-refractivity contribution in [1.29, 1.82) is 0 Å². The fourth-order valence-corrected chi connectivity index (χ4v) is 4.15. The Morgan fingerprint density at radius 2 is 1.71 bits per heavy atom. The van der Waals surface area contributed by atoms with E-state index in [0.29, 0.717) is 0 Å². The van der Waals surface area contributed by atoms with Gasteiger partial charge in [-0.05, 0) is 23.8 Å². The van der Waals surface area contributed by atoms with E-state index in [1.165, 1.54) is 11.3 Å². The molecule has 0 radical (unpaired) electrons. The van der Waals surface area contributed by atoms with Crippen LogP contribution in [0.2, 0.25) is 0 Å². The molecule has 2 aromatic heterocycles. The van der Waals surface area contributed by atoms with Crippen LogP contribution >= 0.6 is 0 Å². The Hall–Kier alpha value is -3.05. The third kappa shape index (κ3) is 2.98. The smallest absolute Gasteiger partial charge is 0.145 e. The number of hydrogen-bond donors (Lipinski definition) is 0. The Labute approximate surface area is 164 Å². The summed E-state index contributed by atoms with van der Waals surface area (Å²) in [7, 11) is 1.70. The molecule has 5 heteroatoms. The molecule has 0 atom stereocenters. The molecule has 1 fully saturated rings. The van der Waals surface area contributed by atoms with Crippen molar-refractivity contribution in [2.75, 3.05) is 38.2 Å². The lowest BCUT2D eigenvalue weighted by Gasteiger charge is -2.36. The van der Waals surface area contributed by atoms with E-state index in [1.807, 2.05) is 12.3 Å². The summed E-state index contributed by atoms with van der Waals surface area (Å²) in [5, 5.41) is 0. The fraction of sp³-hybridized carbons (Fsp3) is 0.261. The van der Waals surface area contributed by atoms with Gasteiger partial charge in [0.1, 0.15) is 16.8 Å². The van der Waals surface area contributed by atoms with E-state index >= 15 is 0 Å². The maximum absolute atomic E-state index is 5.45. The molecule has 0 saturated carbocycles. The largest absolute Gasteiger partial charge is 0.494 e. The lowest BCUT2D eigenvalue weighted by molar-refractivity contribution is 0.250. The first kappa shape index (κ1) is 17.1. The van der Waals surface area contributed by atoms with Gasteiger partial charge in [-0.3, -0.25) is 9.88 Å². The first-order chi connectivity index (χ1) is 13.8. The van der Waals surface area contributed by atoms with Crippen molar-refractivity contribution in [1.82, 2.24) is 14.3 Å². The molecule has 1 aliphatic rings. The molecular formula is C23H24N4O. The van der Waals surface area contributed by atoms with E-state index in [9.17, 15) is 0 Å². The summed E-state index contributed by atoms with van der Waals surface area (Å²) in [6, 6.07) is 19.2. The predicted octanol–water partition coefficient (Wildman–Crippen LogP) is 3.82. The second-order valence-corrected chi connectivity index (χ2v) is 7.29. The van der Waals surface area contributed by atoms with Crippen molar-refractivity contribution in [3.63, 3.8) is 0 Å². The monoisotopic (exact) mass is 372 g/mol. The number of ether oxygens (including phenoxy) is 1. The third-order valence-electron chi connectivity index (χ3n) is 5.64. The lowest BCUT2D eigenvalue weighted by Crippen LogP contribution is -2.46. The zero-order valence-corrected chi connectivity index (χ0v) is 16.1. The number of fused-ring (bicyclic) bond motifs is 3. The van der Waals surface area contributed by atoms with E-state index in [2.05, 4.69) is 68.9 Å². The van der Waals surface area contributed by atoms with Gasteiger partial charge in [-0.15, -0.1) is 0 Å².